The van der Waals surface area contributed by atoms with Crippen molar-refractivity contribution in [2.75, 3.05) is 20.6 Å². The molecule has 9 nitrogen and oxygen atoms in total. The molecule has 0 aliphatic carbocycles. The van der Waals surface area contributed by atoms with Crippen molar-refractivity contribution in [1.29, 1.82) is 0 Å². The molecule has 0 aromatic heterocycles. The number of ether oxygens (including phenoxy) is 2. The molecule has 0 bridgehead atoms. The van der Waals surface area contributed by atoms with Crippen molar-refractivity contribution in [1.82, 2.24) is 15.1 Å². The van der Waals surface area contributed by atoms with Crippen molar-refractivity contribution in [2.24, 2.45) is 0 Å². The Balaban J connectivity index is 2.76. The number of hydrogen-bond acceptors (Lipinski definition) is 6. The van der Waals surface area contributed by atoms with E-state index in [4.69, 9.17) is 9.47 Å². The molecule has 1 fully saturated rings. The smallest absolute Gasteiger partial charge is 0.407 e. The Bertz CT molecular complexity index is 605. The van der Waals surface area contributed by atoms with Crippen LogP contribution in [0.5, 0.6) is 0 Å². The van der Waals surface area contributed by atoms with E-state index < -0.39 is 35.3 Å². The van der Waals surface area contributed by atoms with Gasteiger partial charge in [0.15, 0.2) is 0 Å². The summed E-state index contributed by atoms with van der Waals surface area (Å²) in [5, 5.41) is 2.50. The van der Waals surface area contributed by atoms with Crippen molar-refractivity contribution in [3.8, 4) is 0 Å². The molecule has 0 unspecified atom stereocenters. The molecule has 0 aromatic carbocycles. The predicted octanol–water partition coefficient (Wildman–Crippen LogP) is 0.911. The van der Waals surface area contributed by atoms with E-state index in [9.17, 15) is 19.2 Å². The van der Waals surface area contributed by atoms with Crippen LogP contribution < -0.4 is 5.32 Å². The van der Waals surface area contributed by atoms with Crippen LogP contribution in [0, 0.1) is 0 Å². The minimum atomic E-state index is -0.935. The van der Waals surface area contributed by atoms with E-state index in [-0.39, 0.29) is 24.8 Å². The quantitative estimate of drug-likeness (QED) is 0.721. The molecule has 1 rings (SSSR count). The van der Waals surface area contributed by atoms with Crippen LogP contribution in [0.3, 0.4) is 0 Å². The van der Waals surface area contributed by atoms with Crippen molar-refractivity contribution in [3.05, 3.63) is 0 Å². The number of hydrogen-bond donors (Lipinski definition) is 1. The van der Waals surface area contributed by atoms with E-state index >= 15 is 0 Å². The fourth-order valence-corrected chi connectivity index (χ4v) is 2.59. The summed E-state index contributed by atoms with van der Waals surface area (Å²) in [4.78, 5) is 51.6. The van der Waals surface area contributed by atoms with Crippen LogP contribution >= 0.6 is 0 Å². The maximum Gasteiger partial charge on any atom is 0.407 e. The number of amides is 3. The lowest BCUT2D eigenvalue weighted by Crippen LogP contribution is -2.65. The Morgan fingerprint density at radius 1 is 0.889 bits per heavy atom. The number of piperazine rings is 1. The van der Waals surface area contributed by atoms with E-state index in [0.717, 1.165) is 0 Å². The second kappa shape index (κ2) is 8.14. The first-order chi connectivity index (χ1) is 12.1. The minimum absolute atomic E-state index is 0.0838. The van der Waals surface area contributed by atoms with E-state index in [1.165, 1.54) is 23.9 Å². The number of alkyl carbamates (subject to hydrolysis) is 1. The summed E-state index contributed by atoms with van der Waals surface area (Å²) in [5.74, 6) is -1.32. The Morgan fingerprint density at radius 2 is 1.33 bits per heavy atom. The first-order valence-corrected chi connectivity index (χ1v) is 8.84. The molecule has 2 atom stereocenters. The molecule has 0 radical (unpaired) electrons. The minimum Gasteiger partial charge on any atom is -0.460 e. The van der Waals surface area contributed by atoms with Crippen LogP contribution in [0.2, 0.25) is 0 Å². The van der Waals surface area contributed by atoms with Gasteiger partial charge in [0.1, 0.15) is 23.3 Å². The maximum absolute atomic E-state index is 12.6. The topological polar surface area (TPSA) is 105 Å². The van der Waals surface area contributed by atoms with E-state index in [1.54, 1.807) is 41.5 Å². The van der Waals surface area contributed by atoms with Crippen LogP contribution in [0.25, 0.3) is 0 Å². The Labute approximate surface area is 160 Å². The molecule has 0 saturated carbocycles. The molecule has 3 amide bonds. The molecule has 1 heterocycles. The molecular weight excluding hydrogens is 354 g/mol. The average Bonchev–Trinajstić information content (AvgIpc) is 2.46. The third-order valence-electron chi connectivity index (χ3n) is 3.82. The summed E-state index contributed by atoms with van der Waals surface area (Å²) < 4.78 is 10.4. The molecule has 9 heteroatoms. The van der Waals surface area contributed by atoms with Gasteiger partial charge in [0.2, 0.25) is 11.8 Å². The van der Waals surface area contributed by atoms with Crippen LogP contribution in [0.4, 0.5) is 4.79 Å². The van der Waals surface area contributed by atoms with Gasteiger partial charge in [0.25, 0.3) is 0 Å². The summed E-state index contributed by atoms with van der Waals surface area (Å²) in [6, 6.07) is -1.81. The third kappa shape index (κ3) is 6.73. The van der Waals surface area contributed by atoms with Gasteiger partial charge in [-0.2, -0.15) is 0 Å². The zero-order valence-corrected chi connectivity index (χ0v) is 17.4. The first kappa shape index (κ1) is 22.7. The van der Waals surface area contributed by atoms with Crippen LogP contribution in [0.15, 0.2) is 0 Å². The zero-order chi connectivity index (χ0) is 21.2. The fraction of sp³-hybridized carbons (Fsp3) is 0.778. The Morgan fingerprint density at radius 3 is 1.81 bits per heavy atom. The van der Waals surface area contributed by atoms with Gasteiger partial charge in [-0.25, -0.2) is 4.79 Å². The van der Waals surface area contributed by atoms with Gasteiger partial charge in [-0.05, 0) is 41.5 Å². The number of nitrogens with one attached hydrogen (secondary N) is 1. The standard InChI is InChI=1S/C18H31N3O6/c1-17(2,3)26-13(22)9-11-14(23)21(8)12(15(24)20(11)7)10-19-16(25)27-18(4,5)6/h11-12H,9-10H2,1-8H3,(H,19,25)/t11-,12-/m0/s1. The van der Waals surface area contributed by atoms with Gasteiger partial charge in [-0.3, -0.25) is 14.4 Å². The number of carbonyl (C=O) groups excluding carboxylic acids is 4. The summed E-state index contributed by atoms with van der Waals surface area (Å²) in [6.07, 6.45) is -0.899. The second-order valence-corrected chi connectivity index (χ2v) is 8.60. The second-order valence-electron chi connectivity index (χ2n) is 8.60. The number of rotatable bonds is 4. The van der Waals surface area contributed by atoms with Gasteiger partial charge < -0.3 is 24.6 Å². The summed E-state index contributed by atoms with van der Waals surface area (Å²) in [7, 11) is 2.93. The molecular formula is C18H31N3O6. The number of likely N-dealkylation sites (N-methyl/N-ethyl adjacent to an activating group) is 2. The third-order valence-corrected chi connectivity index (χ3v) is 3.82. The van der Waals surface area contributed by atoms with Crippen molar-refractivity contribution < 1.29 is 28.7 Å². The highest BCUT2D eigenvalue weighted by molar-refractivity contribution is 5.98. The normalized spacial score (nSPS) is 21.2. The van der Waals surface area contributed by atoms with E-state index in [0.29, 0.717) is 0 Å². The fourth-order valence-electron chi connectivity index (χ4n) is 2.59. The van der Waals surface area contributed by atoms with Gasteiger partial charge in [-0.15, -0.1) is 0 Å². The molecule has 0 spiro atoms. The molecule has 1 saturated heterocycles. The predicted molar refractivity (Wildman–Crippen MR) is 97.8 cm³/mol. The van der Waals surface area contributed by atoms with Crippen LogP contribution in [-0.2, 0) is 23.9 Å². The van der Waals surface area contributed by atoms with E-state index in [1.807, 2.05) is 0 Å². The highest BCUT2D eigenvalue weighted by Gasteiger charge is 2.44. The van der Waals surface area contributed by atoms with Gasteiger partial charge in [0, 0.05) is 14.1 Å². The zero-order valence-electron chi connectivity index (χ0n) is 17.4. The SMILES string of the molecule is CN1C(=O)[C@H](CC(=O)OC(C)(C)C)N(C)C(=O)[C@@H]1CNC(=O)OC(C)(C)C. The number of esters is 1. The monoisotopic (exact) mass is 385 g/mol. The molecule has 1 aliphatic rings. The molecule has 0 aromatic rings. The molecule has 1 aliphatic heterocycles. The number of nitrogens with zero attached hydrogens (tertiary/aromatic N) is 2. The van der Waals surface area contributed by atoms with Crippen molar-refractivity contribution >= 4 is 23.9 Å². The average molecular weight is 385 g/mol. The van der Waals surface area contributed by atoms with Crippen molar-refractivity contribution in [2.45, 2.75) is 71.2 Å². The summed E-state index contributed by atoms with van der Waals surface area (Å²) >= 11 is 0. The van der Waals surface area contributed by atoms with Crippen LogP contribution in [-0.4, -0.2) is 77.6 Å². The molecule has 1 N–H and O–H groups in total. The maximum atomic E-state index is 12.6. The van der Waals surface area contributed by atoms with Crippen LogP contribution in [0.1, 0.15) is 48.0 Å². The molecule has 27 heavy (non-hydrogen) atoms. The lowest BCUT2D eigenvalue weighted by molar-refractivity contribution is -0.165. The molecule has 154 valence electrons. The Hall–Kier alpha value is -2.32. The first-order valence-electron chi connectivity index (χ1n) is 8.84. The largest absolute Gasteiger partial charge is 0.460 e. The number of carbonyl (C=O) groups is 4. The lowest BCUT2D eigenvalue weighted by atomic mass is 10.0. The van der Waals surface area contributed by atoms with Crippen molar-refractivity contribution in [3.63, 3.8) is 0 Å². The van der Waals surface area contributed by atoms with Gasteiger partial charge >= 0.3 is 12.1 Å². The van der Waals surface area contributed by atoms with Gasteiger partial charge in [0.05, 0.1) is 13.0 Å². The highest BCUT2D eigenvalue weighted by Crippen LogP contribution is 2.19. The van der Waals surface area contributed by atoms with Gasteiger partial charge in [-0.1, -0.05) is 0 Å². The summed E-state index contributed by atoms with van der Waals surface area (Å²) in [5.41, 5.74) is -1.35. The summed E-state index contributed by atoms with van der Waals surface area (Å²) in [6.45, 7) is 10.3. The Kier molecular flexibility index (Phi) is 6.85. The van der Waals surface area contributed by atoms with E-state index in [2.05, 4.69) is 5.32 Å². The highest BCUT2D eigenvalue weighted by atomic mass is 16.6. The lowest BCUT2D eigenvalue weighted by Gasteiger charge is -2.41.